The molecule has 4 bridgehead atoms. The second-order valence-electron chi connectivity index (χ2n) is 15.1. The van der Waals surface area contributed by atoms with Gasteiger partial charge in [0.15, 0.2) is 0 Å². The van der Waals surface area contributed by atoms with E-state index in [0.29, 0.717) is 37.3 Å². The van der Waals surface area contributed by atoms with E-state index in [1.165, 1.54) is 11.1 Å². The van der Waals surface area contributed by atoms with E-state index < -0.39 is 11.2 Å². The van der Waals surface area contributed by atoms with Crippen LogP contribution in [-0.4, -0.2) is 120 Å². The van der Waals surface area contributed by atoms with Crippen molar-refractivity contribution >= 4 is 12.2 Å². The van der Waals surface area contributed by atoms with Gasteiger partial charge in [0.1, 0.15) is 11.2 Å². The number of nitrogens with zero attached hydrogens (tertiary/aromatic N) is 4. The van der Waals surface area contributed by atoms with E-state index in [2.05, 4.69) is 81.1 Å². The minimum Gasteiger partial charge on any atom is -0.444 e. The number of nitrogens with one attached hydrogen (secondary N) is 2. The summed E-state index contributed by atoms with van der Waals surface area (Å²) in [6.45, 7) is 20.0. The molecular weight excluding hydrogens is 580 g/mol. The highest BCUT2D eigenvalue weighted by atomic mass is 16.6. The number of hydrogen-bond acceptors (Lipinski definition) is 8. The zero-order chi connectivity index (χ0) is 32.9. The third kappa shape index (κ3) is 9.91. The largest absolute Gasteiger partial charge is 0.444 e. The lowest BCUT2D eigenvalue weighted by Crippen LogP contribution is -2.68. The molecule has 10 heteroatoms. The molecule has 4 unspecified atom stereocenters. The van der Waals surface area contributed by atoms with Gasteiger partial charge in [-0.25, -0.2) is 9.59 Å². The lowest BCUT2D eigenvalue weighted by Gasteiger charge is -2.53. The first-order valence-corrected chi connectivity index (χ1v) is 16.8. The Balaban J connectivity index is 0.000000219. The third-order valence-electron chi connectivity index (χ3n) is 8.63. The van der Waals surface area contributed by atoms with Crippen LogP contribution >= 0.6 is 0 Å². The van der Waals surface area contributed by atoms with Gasteiger partial charge in [0.05, 0.1) is 0 Å². The summed E-state index contributed by atoms with van der Waals surface area (Å²) in [5, 5.41) is 6.84. The number of hydrogen-bond donors (Lipinski definition) is 2. The van der Waals surface area contributed by atoms with E-state index in [9.17, 15) is 9.59 Å². The topological polar surface area (TPSA) is 89.6 Å². The molecule has 0 spiro atoms. The maximum Gasteiger partial charge on any atom is 0.410 e. The molecule has 4 aliphatic rings. The predicted octanol–water partition coefficient (Wildman–Crippen LogP) is 4.16. The molecule has 4 heterocycles. The van der Waals surface area contributed by atoms with Gasteiger partial charge >= 0.3 is 12.2 Å². The van der Waals surface area contributed by atoms with Gasteiger partial charge in [0.25, 0.3) is 0 Å². The summed E-state index contributed by atoms with van der Waals surface area (Å²) in [6.07, 6.45) is -0.376. The number of ether oxygens (including phenoxy) is 2. The molecule has 0 saturated carbocycles. The van der Waals surface area contributed by atoms with Crippen molar-refractivity contribution in [1.29, 1.82) is 0 Å². The van der Waals surface area contributed by atoms with Gasteiger partial charge in [-0.1, -0.05) is 60.7 Å². The van der Waals surface area contributed by atoms with Crippen LogP contribution in [0.3, 0.4) is 0 Å². The SMILES string of the molecule is CC(C)(C)OC(=O)N1CC2CN(Cc3ccccc3)CC(C1)N2Cc1ccccc1.CC(C)(C)OC(=O)N1CC2CNCC(C1)N2. The highest BCUT2D eigenvalue weighted by Crippen LogP contribution is 2.27. The van der Waals surface area contributed by atoms with Crippen LogP contribution in [0.2, 0.25) is 0 Å². The Hall–Kier alpha value is -3.18. The molecule has 0 aliphatic carbocycles. The van der Waals surface area contributed by atoms with Gasteiger partial charge in [0.2, 0.25) is 0 Å². The van der Waals surface area contributed by atoms with E-state index >= 15 is 0 Å². The molecule has 4 aliphatic heterocycles. The zero-order valence-electron chi connectivity index (χ0n) is 28.6. The van der Waals surface area contributed by atoms with Crippen molar-refractivity contribution in [1.82, 2.24) is 30.2 Å². The average Bonchev–Trinajstić information content (AvgIpc) is 2.97. The van der Waals surface area contributed by atoms with Gasteiger partial charge in [-0.3, -0.25) is 9.80 Å². The molecule has 4 fully saturated rings. The molecule has 4 atom stereocenters. The maximum atomic E-state index is 12.8. The second-order valence-corrected chi connectivity index (χ2v) is 15.1. The number of carbonyl (C=O) groups excluding carboxylic acids is 2. The number of piperazine rings is 4. The van der Waals surface area contributed by atoms with Crippen LogP contribution in [0, 0.1) is 0 Å². The fourth-order valence-electron chi connectivity index (χ4n) is 6.79. The van der Waals surface area contributed by atoms with E-state index in [0.717, 1.165) is 52.4 Å². The summed E-state index contributed by atoms with van der Waals surface area (Å²) < 4.78 is 11.1. The maximum absolute atomic E-state index is 12.8. The Kier molecular flexibility index (Phi) is 10.9. The summed E-state index contributed by atoms with van der Waals surface area (Å²) in [7, 11) is 0. The molecule has 4 saturated heterocycles. The monoisotopic (exact) mass is 634 g/mol. The summed E-state index contributed by atoms with van der Waals surface area (Å²) in [4.78, 5) is 33.5. The number of fused-ring (bicyclic) bond motifs is 4. The van der Waals surface area contributed by atoms with Crippen molar-refractivity contribution in [2.45, 2.75) is 90.0 Å². The molecule has 0 aromatic heterocycles. The van der Waals surface area contributed by atoms with Crippen molar-refractivity contribution in [2.24, 2.45) is 0 Å². The van der Waals surface area contributed by atoms with Gasteiger partial charge in [-0.2, -0.15) is 0 Å². The minimum absolute atomic E-state index is 0.187. The Morgan fingerprint density at radius 1 is 0.652 bits per heavy atom. The lowest BCUT2D eigenvalue weighted by molar-refractivity contribution is -0.0586. The highest BCUT2D eigenvalue weighted by molar-refractivity contribution is 5.69. The van der Waals surface area contributed by atoms with Crippen molar-refractivity contribution in [2.75, 3.05) is 52.4 Å². The summed E-state index contributed by atoms with van der Waals surface area (Å²) in [5.41, 5.74) is 1.80. The van der Waals surface area contributed by atoms with Gasteiger partial charge < -0.3 is 29.9 Å². The summed E-state index contributed by atoms with van der Waals surface area (Å²) in [5.74, 6) is 0. The summed E-state index contributed by atoms with van der Waals surface area (Å²) >= 11 is 0. The van der Waals surface area contributed by atoms with Crippen LogP contribution in [0.15, 0.2) is 60.7 Å². The normalized spacial score (nSPS) is 25.3. The minimum atomic E-state index is -0.466. The van der Waals surface area contributed by atoms with E-state index in [4.69, 9.17) is 9.47 Å². The first kappa shape index (κ1) is 34.2. The van der Waals surface area contributed by atoms with Crippen LogP contribution < -0.4 is 10.6 Å². The Morgan fingerprint density at radius 2 is 1.09 bits per heavy atom. The van der Waals surface area contributed by atoms with Crippen molar-refractivity contribution < 1.29 is 19.1 Å². The van der Waals surface area contributed by atoms with E-state index in [1.807, 2.05) is 51.3 Å². The van der Waals surface area contributed by atoms with Crippen LogP contribution in [0.1, 0.15) is 52.7 Å². The first-order valence-electron chi connectivity index (χ1n) is 16.8. The quantitative estimate of drug-likeness (QED) is 0.519. The van der Waals surface area contributed by atoms with Crippen LogP contribution in [0.25, 0.3) is 0 Å². The molecule has 0 radical (unpaired) electrons. The Bertz CT molecular complexity index is 1250. The van der Waals surface area contributed by atoms with Crippen LogP contribution in [-0.2, 0) is 22.6 Å². The Labute approximate surface area is 275 Å². The third-order valence-corrected chi connectivity index (χ3v) is 8.63. The Morgan fingerprint density at radius 3 is 1.54 bits per heavy atom. The van der Waals surface area contributed by atoms with E-state index in [1.54, 1.807) is 0 Å². The molecule has 46 heavy (non-hydrogen) atoms. The second kappa shape index (κ2) is 14.7. The molecule has 2 aromatic carbocycles. The van der Waals surface area contributed by atoms with Gasteiger partial charge in [-0.15, -0.1) is 0 Å². The molecule has 2 amide bonds. The number of benzene rings is 2. The van der Waals surface area contributed by atoms with Gasteiger partial charge in [0, 0.05) is 89.6 Å². The molecule has 2 aromatic rings. The zero-order valence-corrected chi connectivity index (χ0v) is 28.6. The standard InChI is InChI=1S/C25H33N3O2.C11H21N3O2/c1-25(2,3)30-24(29)27-18-22-16-26(14-20-10-6-4-7-11-20)17-23(19-27)28(22)15-21-12-8-5-9-13-21;1-11(2,3)16-10(15)14-6-8-4-12-5-9(7-14)13-8/h4-13,22-23H,14-19H2,1-3H3;8-9,12-13H,4-7H2,1-3H3. The number of amides is 2. The molecular formula is C36H54N6O4. The van der Waals surface area contributed by atoms with Crippen LogP contribution in [0.5, 0.6) is 0 Å². The lowest BCUT2D eigenvalue weighted by atomic mass is 9.98. The molecule has 10 nitrogen and oxygen atoms in total. The fourth-order valence-corrected chi connectivity index (χ4v) is 6.79. The van der Waals surface area contributed by atoms with Crippen molar-refractivity contribution in [3.05, 3.63) is 71.8 Å². The van der Waals surface area contributed by atoms with Crippen molar-refractivity contribution in [3.8, 4) is 0 Å². The molecule has 252 valence electrons. The average molecular weight is 635 g/mol. The van der Waals surface area contributed by atoms with Gasteiger partial charge in [-0.05, 0) is 52.7 Å². The molecule has 6 rings (SSSR count). The fraction of sp³-hybridized carbons (Fsp3) is 0.611. The van der Waals surface area contributed by atoms with Crippen LogP contribution in [0.4, 0.5) is 9.59 Å². The number of rotatable bonds is 4. The number of carbonyl (C=O) groups is 2. The highest BCUT2D eigenvalue weighted by Gasteiger charge is 2.42. The van der Waals surface area contributed by atoms with Crippen molar-refractivity contribution in [3.63, 3.8) is 0 Å². The smallest absolute Gasteiger partial charge is 0.410 e. The predicted molar refractivity (Wildman–Crippen MR) is 180 cm³/mol. The van der Waals surface area contributed by atoms with E-state index in [-0.39, 0.29) is 12.2 Å². The summed E-state index contributed by atoms with van der Waals surface area (Å²) in [6, 6.07) is 22.6. The molecule has 2 N–H and O–H groups in total. The first-order chi connectivity index (χ1) is 21.8.